The first-order valence-electron chi connectivity index (χ1n) is 18.2. The highest BCUT2D eigenvalue weighted by molar-refractivity contribution is 5.98. The Morgan fingerprint density at radius 1 is 0.714 bits per heavy atom. The average molecular weight is 786 g/mol. The van der Waals surface area contributed by atoms with E-state index in [1.165, 1.54) is 50.6 Å². The number of aromatic amines is 1. The number of unbranched alkanes of at least 4 members (excludes halogenated alkanes) is 1. The van der Waals surface area contributed by atoms with Crippen LogP contribution >= 0.6 is 0 Å². The lowest BCUT2D eigenvalue weighted by Gasteiger charge is -2.27. The molecular formula is C36H55N11O9. The van der Waals surface area contributed by atoms with Gasteiger partial charge in [0.1, 0.15) is 42.0 Å². The van der Waals surface area contributed by atoms with Gasteiger partial charge in [-0.25, -0.2) is 4.98 Å². The van der Waals surface area contributed by atoms with Crippen molar-refractivity contribution in [2.75, 3.05) is 6.54 Å². The number of hydrogen-bond acceptors (Lipinski definition) is 11. The maximum absolute atomic E-state index is 14.0. The Balaban J connectivity index is 2.37. The Bertz CT molecular complexity index is 1650. The molecule has 0 radical (unpaired) electrons. The molecule has 0 fully saturated rings. The number of carbonyl (C=O) groups excluding carboxylic acids is 8. The minimum Gasteiger partial charge on any atom is -0.508 e. The molecule has 20 heteroatoms. The van der Waals surface area contributed by atoms with E-state index in [0.29, 0.717) is 37.1 Å². The normalized spacial score (nSPS) is 14.2. The van der Waals surface area contributed by atoms with Crippen LogP contribution in [-0.4, -0.2) is 105 Å². The molecule has 56 heavy (non-hydrogen) atoms. The van der Waals surface area contributed by atoms with Gasteiger partial charge in [-0.1, -0.05) is 26.0 Å². The van der Waals surface area contributed by atoms with Crippen LogP contribution in [0.25, 0.3) is 0 Å². The summed E-state index contributed by atoms with van der Waals surface area (Å²) < 4.78 is 0. The Morgan fingerprint density at radius 2 is 1.27 bits per heavy atom. The minimum atomic E-state index is -1.59. The van der Waals surface area contributed by atoms with Gasteiger partial charge in [0.05, 0.1) is 12.7 Å². The van der Waals surface area contributed by atoms with Gasteiger partial charge >= 0.3 is 0 Å². The summed E-state index contributed by atoms with van der Waals surface area (Å²) in [6.45, 7) is 6.73. The van der Waals surface area contributed by atoms with Crippen molar-refractivity contribution in [3.8, 4) is 5.75 Å². The van der Waals surface area contributed by atoms with Crippen molar-refractivity contribution in [2.45, 2.75) is 109 Å². The predicted octanol–water partition coefficient (Wildman–Crippen LogP) is -2.62. The van der Waals surface area contributed by atoms with Gasteiger partial charge in [-0.3, -0.25) is 38.4 Å². The van der Waals surface area contributed by atoms with Gasteiger partial charge in [0.15, 0.2) is 0 Å². The van der Waals surface area contributed by atoms with E-state index in [1.54, 1.807) is 0 Å². The summed E-state index contributed by atoms with van der Waals surface area (Å²) in [4.78, 5) is 110. The van der Waals surface area contributed by atoms with Crippen molar-refractivity contribution in [3.63, 3.8) is 0 Å². The van der Waals surface area contributed by atoms with Crippen molar-refractivity contribution in [3.05, 3.63) is 48.0 Å². The molecule has 2 aromatic rings. The standard InChI is InChI=1S/C36H55N11O9/c1-19(2)13-26(43-21(4)48)33(53)42-20(3)32(52)45-28(15-23-17-40-18-41-23)35(55)46-27(14-22-8-10-24(49)11-9-22)34(54)47-29(16-30(38)50)36(56)44-25(31(39)51)7-5-6-12-37/h8-11,17-20,25-29,49H,5-7,12-16,37H2,1-4H3,(H2,38,50)(H2,39,51)(H,40,41)(H,42,53)(H,43,48)(H,44,56)(H,45,52)(H,46,55)(H,47,54)/t20-,25-,26-,27-,28-,29-/m0/s1. The molecule has 0 bridgehead atoms. The number of phenols is 1. The largest absolute Gasteiger partial charge is 0.508 e. The number of carbonyl (C=O) groups is 8. The monoisotopic (exact) mass is 785 g/mol. The molecule has 1 aromatic heterocycles. The number of nitrogens with one attached hydrogen (secondary N) is 7. The molecule has 0 aliphatic carbocycles. The van der Waals surface area contributed by atoms with Crippen LogP contribution in [0.15, 0.2) is 36.8 Å². The van der Waals surface area contributed by atoms with Crippen molar-refractivity contribution >= 4 is 47.3 Å². The van der Waals surface area contributed by atoms with Gasteiger partial charge in [0.25, 0.3) is 0 Å². The lowest BCUT2D eigenvalue weighted by atomic mass is 10.0. The number of rotatable bonds is 24. The summed E-state index contributed by atoms with van der Waals surface area (Å²) in [5.74, 6) is -6.37. The number of imidazole rings is 1. The van der Waals surface area contributed by atoms with Gasteiger partial charge in [-0.05, 0) is 62.8 Å². The number of benzene rings is 1. The molecule has 14 N–H and O–H groups in total. The van der Waals surface area contributed by atoms with E-state index >= 15 is 0 Å². The zero-order valence-electron chi connectivity index (χ0n) is 32.1. The molecule has 6 atom stereocenters. The summed E-state index contributed by atoms with van der Waals surface area (Å²) in [7, 11) is 0. The van der Waals surface area contributed by atoms with Crippen molar-refractivity contribution in [2.24, 2.45) is 23.1 Å². The first-order valence-corrected chi connectivity index (χ1v) is 18.2. The fourth-order valence-corrected chi connectivity index (χ4v) is 5.53. The maximum Gasteiger partial charge on any atom is 0.243 e. The van der Waals surface area contributed by atoms with Crippen molar-refractivity contribution in [1.29, 1.82) is 0 Å². The van der Waals surface area contributed by atoms with Crippen LogP contribution < -0.4 is 49.1 Å². The van der Waals surface area contributed by atoms with Crippen LogP contribution in [0.1, 0.15) is 71.1 Å². The molecule has 0 saturated heterocycles. The number of phenolic OH excluding ortho intramolecular Hbond substituents is 1. The smallest absolute Gasteiger partial charge is 0.243 e. The highest BCUT2D eigenvalue weighted by Gasteiger charge is 2.33. The first kappa shape index (κ1) is 46.1. The molecule has 1 aromatic carbocycles. The topological polar surface area (TPSA) is 336 Å². The Labute approximate surface area is 324 Å². The molecule has 1 heterocycles. The van der Waals surface area contributed by atoms with Gasteiger partial charge in [-0.15, -0.1) is 0 Å². The third-order valence-corrected chi connectivity index (χ3v) is 8.42. The summed E-state index contributed by atoms with van der Waals surface area (Å²) >= 11 is 0. The van der Waals surface area contributed by atoms with E-state index in [0.717, 1.165) is 0 Å². The number of primary amides is 2. The lowest BCUT2D eigenvalue weighted by molar-refractivity contribution is -0.135. The fraction of sp³-hybridized carbons (Fsp3) is 0.528. The average Bonchev–Trinajstić information content (AvgIpc) is 3.63. The fourth-order valence-electron chi connectivity index (χ4n) is 5.53. The summed E-state index contributed by atoms with van der Waals surface area (Å²) in [6.07, 6.45) is 3.23. The summed E-state index contributed by atoms with van der Waals surface area (Å²) in [6, 6.07) is -1.90. The molecule has 308 valence electrons. The number of amides is 8. The zero-order chi connectivity index (χ0) is 41.9. The zero-order valence-corrected chi connectivity index (χ0v) is 32.1. The number of hydrogen-bond donors (Lipinski definition) is 11. The van der Waals surface area contributed by atoms with Crippen LogP contribution in [0.3, 0.4) is 0 Å². The molecule has 0 spiro atoms. The molecule has 2 rings (SSSR count). The second-order valence-electron chi connectivity index (χ2n) is 13.9. The number of nitrogens with two attached hydrogens (primary N) is 3. The van der Waals surface area contributed by atoms with Crippen LogP contribution in [-0.2, 0) is 51.2 Å². The number of aromatic hydroxyl groups is 1. The van der Waals surface area contributed by atoms with Crippen LogP contribution in [0, 0.1) is 5.92 Å². The molecule has 8 amide bonds. The molecular weight excluding hydrogens is 730 g/mol. The minimum absolute atomic E-state index is 0.0370. The van der Waals surface area contributed by atoms with Crippen molar-refractivity contribution in [1.82, 2.24) is 41.9 Å². The third kappa shape index (κ3) is 16.5. The number of aromatic nitrogens is 2. The predicted molar refractivity (Wildman–Crippen MR) is 202 cm³/mol. The van der Waals surface area contributed by atoms with Gasteiger partial charge in [0.2, 0.25) is 47.3 Å². The van der Waals surface area contributed by atoms with Crippen molar-refractivity contribution < 1.29 is 43.5 Å². The number of H-pyrrole nitrogens is 1. The van der Waals surface area contributed by atoms with E-state index in [2.05, 4.69) is 41.9 Å². The van der Waals surface area contributed by atoms with E-state index in [9.17, 15) is 43.5 Å². The first-order chi connectivity index (χ1) is 26.4. The number of nitrogens with zero attached hydrogens (tertiary/aromatic N) is 1. The quantitative estimate of drug-likeness (QED) is 0.0490. The van der Waals surface area contributed by atoms with E-state index in [-0.39, 0.29) is 30.9 Å². The van der Waals surface area contributed by atoms with Crippen LogP contribution in [0.2, 0.25) is 0 Å². The Hall–Kier alpha value is -6.05. The van der Waals surface area contributed by atoms with Crippen LogP contribution in [0.5, 0.6) is 5.75 Å². The van der Waals surface area contributed by atoms with E-state index in [1.807, 2.05) is 13.8 Å². The van der Waals surface area contributed by atoms with Crippen LogP contribution in [0.4, 0.5) is 0 Å². The third-order valence-electron chi connectivity index (χ3n) is 8.42. The highest BCUT2D eigenvalue weighted by Crippen LogP contribution is 2.13. The van der Waals surface area contributed by atoms with Gasteiger partial charge in [-0.2, -0.15) is 0 Å². The van der Waals surface area contributed by atoms with Gasteiger partial charge < -0.3 is 59.2 Å². The lowest BCUT2D eigenvalue weighted by Crippen LogP contribution is -2.60. The molecule has 0 saturated carbocycles. The molecule has 20 nitrogen and oxygen atoms in total. The summed E-state index contributed by atoms with van der Waals surface area (Å²) in [5.41, 5.74) is 17.3. The second-order valence-corrected chi connectivity index (χ2v) is 13.9. The molecule has 0 unspecified atom stereocenters. The summed E-state index contributed by atoms with van der Waals surface area (Å²) in [5, 5.41) is 25.0. The van der Waals surface area contributed by atoms with E-state index < -0.39 is 89.9 Å². The molecule has 0 aliphatic heterocycles. The van der Waals surface area contributed by atoms with Gasteiger partial charge in [0, 0.05) is 31.7 Å². The Morgan fingerprint density at radius 3 is 1.80 bits per heavy atom. The maximum atomic E-state index is 14.0. The molecule has 0 aliphatic rings. The SMILES string of the molecule is CC(=O)N[C@@H](CC(C)C)C(=O)N[C@@H](C)C(=O)N[C@@H](Cc1cnc[nH]1)C(=O)N[C@@H](Cc1ccc(O)cc1)C(=O)N[C@@H](CC(N)=O)C(=O)N[C@@H](CCCCN)C(N)=O. The Kier molecular flexibility index (Phi) is 18.9. The highest BCUT2D eigenvalue weighted by atomic mass is 16.3. The van der Waals surface area contributed by atoms with E-state index in [4.69, 9.17) is 17.2 Å². The second kappa shape index (κ2) is 23.0.